The van der Waals surface area contributed by atoms with Gasteiger partial charge in [-0.05, 0) is 12.1 Å². The molecule has 0 amide bonds. The number of anilines is 1. The molecule has 37 heavy (non-hydrogen) atoms. The number of imidazole rings is 1. The molecule has 2 aromatic carbocycles. The van der Waals surface area contributed by atoms with Crippen molar-refractivity contribution in [2.75, 3.05) is 31.2 Å². The fraction of sp³-hybridized carbons (Fsp3) is 0.296. The van der Waals surface area contributed by atoms with Gasteiger partial charge in [0.25, 0.3) is 0 Å². The number of fused-ring (bicyclic) bond motifs is 3. The molecule has 1 saturated heterocycles. The van der Waals surface area contributed by atoms with Gasteiger partial charge in [-0.3, -0.25) is 0 Å². The fourth-order valence-electron chi connectivity index (χ4n) is 5.25. The molecule has 2 atom stereocenters. The molecule has 4 heterocycles. The molecule has 6 rings (SSSR count). The number of halogens is 3. The van der Waals surface area contributed by atoms with Crippen molar-refractivity contribution in [2.24, 2.45) is 5.92 Å². The summed E-state index contributed by atoms with van der Waals surface area (Å²) in [7, 11) is 0. The number of morpholine rings is 1. The van der Waals surface area contributed by atoms with E-state index in [0.717, 1.165) is 5.82 Å². The highest BCUT2D eigenvalue weighted by Gasteiger charge is 2.36. The number of nitrogens with zero attached hydrogens (tertiary/aromatic N) is 5. The first-order chi connectivity index (χ1) is 18.0. The number of alkyl halides is 2. The second kappa shape index (κ2) is 9.51. The maximum absolute atomic E-state index is 15.2. The normalized spacial score (nSPS) is 19.4. The number of para-hydroxylation sites is 1. The number of ether oxygens (including phenoxy) is 2. The van der Waals surface area contributed by atoms with Gasteiger partial charge >= 0.3 is 6.61 Å². The van der Waals surface area contributed by atoms with Crippen molar-refractivity contribution in [3.63, 3.8) is 0 Å². The largest absolute Gasteiger partial charge is 0.434 e. The molecule has 1 fully saturated rings. The van der Waals surface area contributed by atoms with E-state index in [0.29, 0.717) is 66.4 Å². The summed E-state index contributed by atoms with van der Waals surface area (Å²) in [6.45, 7) is 3.63. The standard InChI is InChI=1S/C27H24F3N5O2/c1-2-16-11-24-33-21-13-20(28)19(17-14-31-27(32-15-17)34-7-9-36-10-8-34)12-22(21)35(24)25(16)18-5-3-4-6-23(18)37-26(29)30/h2-6,12-16,25-26H,1,7-11H2/t16-,25+/m0/s1. The molecule has 0 bridgehead atoms. The lowest BCUT2D eigenvalue weighted by molar-refractivity contribution is -0.0507. The van der Waals surface area contributed by atoms with Crippen molar-refractivity contribution in [2.45, 2.75) is 19.1 Å². The molecule has 7 nitrogen and oxygen atoms in total. The van der Waals surface area contributed by atoms with E-state index < -0.39 is 12.4 Å². The summed E-state index contributed by atoms with van der Waals surface area (Å²) in [6.07, 6.45) is 5.56. The Bertz CT molecular complexity index is 1450. The van der Waals surface area contributed by atoms with Gasteiger partial charge in [0.1, 0.15) is 17.4 Å². The number of aromatic nitrogens is 4. The van der Waals surface area contributed by atoms with E-state index in [4.69, 9.17) is 9.47 Å². The zero-order valence-corrected chi connectivity index (χ0v) is 19.9. The van der Waals surface area contributed by atoms with E-state index in [-0.39, 0.29) is 17.7 Å². The van der Waals surface area contributed by atoms with Crippen LogP contribution in [0.4, 0.5) is 19.1 Å². The van der Waals surface area contributed by atoms with E-state index >= 15 is 4.39 Å². The highest BCUT2D eigenvalue weighted by atomic mass is 19.3. The van der Waals surface area contributed by atoms with Crippen molar-refractivity contribution in [3.05, 3.63) is 78.7 Å². The molecule has 0 spiro atoms. The second-order valence-electron chi connectivity index (χ2n) is 9.05. The molecule has 0 saturated carbocycles. The van der Waals surface area contributed by atoms with Crippen molar-refractivity contribution < 1.29 is 22.6 Å². The smallest absolute Gasteiger partial charge is 0.387 e. The summed E-state index contributed by atoms with van der Waals surface area (Å²) in [5.74, 6) is 0.859. The third-order valence-corrected chi connectivity index (χ3v) is 6.95. The Labute approximate surface area is 211 Å². The molecule has 0 radical (unpaired) electrons. The lowest BCUT2D eigenvalue weighted by Gasteiger charge is -2.26. The van der Waals surface area contributed by atoms with Gasteiger partial charge in [-0.25, -0.2) is 19.3 Å². The minimum Gasteiger partial charge on any atom is -0.434 e. The summed E-state index contributed by atoms with van der Waals surface area (Å²) >= 11 is 0. The fourth-order valence-corrected chi connectivity index (χ4v) is 5.25. The van der Waals surface area contributed by atoms with Crippen LogP contribution >= 0.6 is 0 Å². The third-order valence-electron chi connectivity index (χ3n) is 6.95. The van der Waals surface area contributed by atoms with Crippen molar-refractivity contribution in [3.8, 4) is 16.9 Å². The maximum Gasteiger partial charge on any atom is 0.387 e. The van der Waals surface area contributed by atoms with Crippen LogP contribution in [0.25, 0.3) is 22.2 Å². The monoisotopic (exact) mass is 507 g/mol. The van der Waals surface area contributed by atoms with Gasteiger partial charge in [-0.15, -0.1) is 6.58 Å². The van der Waals surface area contributed by atoms with Gasteiger partial charge in [0.05, 0.1) is 30.3 Å². The van der Waals surface area contributed by atoms with Gasteiger partial charge < -0.3 is 18.9 Å². The number of benzene rings is 2. The second-order valence-corrected chi connectivity index (χ2v) is 9.05. The van der Waals surface area contributed by atoms with Crippen molar-refractivity contribution >= 4 is 17.0 Å². The van der Waals surface area contributed by atoms with E-state index in [1.54, 1.807) is 42.7 Å². The van der Waals surface area contributed by atoms with Gasteiger partial charge in [0.2, 0.25) is 5.95 Å². The molecule has 0 aliphatic carbocycles. The van der Waals surface area contributed by atoms with E-state index in [1.807, 2.05) is 9.47 Å². The molecule has 4 aromatic rings. The maximum atomic E-state index is 15.2. The highest BCUT2D eigenvalue weighted by Crippen LogP contribution is 2.44. The molecule has 2 aliphatic rings. The van der Waals surface area contributed by atoms with Crippen LogP contribution < -0.4 is 9.64 Å². The van der Waals surface area contributed by atoms with Gasteiger partial charge in [0.15, 0.2) is 0 Å². The molecule has 10 heteroatoms. The first kappa shape index (κ1) is 23.5. The molecular weight excluding hydrogens is 483 g/mol. The van der Waals surface area contributed by atoms with Crippen LogP contribution in [0.15, 0.2) is 61.4 Å². The predicted molar refractivity (Wildman–Crippen MR) is 132 cm³/mol. The number of rotatable bonds is 6. The van der Waals surface area contributed by atoms with Crippen LogP contribution in [0.2, 0.25) is 0 Å². The Kier molecular flexibility index (Phi) is 6.03. The third kappa shape index (κ3) is 4.21. The molecular formula is C27H24F3N5O2. The molecule has 0 unspecified atom stereocenters. The number of hydrogen-bond donors (Lipinski definition) is 0. The van der Waals surface area contributed by atoms with Crippen LogP contribution in [0.1, 0.15) is 17.4 Å². The number of hydrogen-bond acceptors (Lipinski definition) is 6. The van der Waals surface area contributed by atoms with Crippen LogP contribution in [0, 0.1) is 11.7 Å². The van der Waals surface area contributed by atoms with Crippen molar-refractivity contribution in [1.82, 2.24) is 19.5 Å². The zero-order chi connectivity index (χ0) is 25.5. The Balaban J connectivity index is 1.43. The minimum atomic E-state index is -2.95. The van der Waals surface area contributed by atoms with Gasteiger partial charge in [0, 0.05) is 60.6 Å². The zero-order valence-electron chi connectivity index (χ0n) is 19.9. The van der Waals surface area contributed by atoms with Gasteiger partial charge in [-0.2, -0.15) is 8.78 Å². The van der Waals surface area contributed by atoms with Gasteiger partial charge in [-0.1, -0.05) is 24.3 Å². The highest BCUT2D eigenvalue weighted by molar-refractivity contribution is 5.83. The molecule has 0 N–H and O–H groups in total. The van der Waals surface area contributed by atoms with E-state index in [2.05, 4.69) is 21.5 Å². The number of allylic oxidation sites excluding steroid dienone is 1. The SMILES string of the molecule is C=C[C@H]1Cc2nc3cc(F)c(-c4cnc(N5CCOCC5)nc4)cc3n2[C@H]1c1ccccc1OC(F)F. The predicted octanol–water partition coefficient (Wildman–Crippen LogP) is 5.02. The summed E-state index contributed by atoms with van der Waals surface area (Å²) < 4.78 is 53.8. The Morgan fingerprint density at radius 2 is 1.86 bits per heavy atom. The minimum absolute atomic E-state index is 0.0958. The van der Waals surface area contributed by atoms with Crippen LogP contribution in [0.3, 0.4) is 0 Å². The molecule has 2 aromatic heterocycles. The molecule has 2 aliphatic heterocycles. The average Bonchev–Trinajstić information content (AvgIpc) is 3.44. The van der Waals surface area contributed by atoms with E-state index in [1.165, 1.54) is 12.1 Å². The van der Waals surface area contributed by atoms with Crippen molar-refractivity contribution in [1.29, 1.82) is 0 Å². The van der Waals surface area contributed by atoms with Crippen LogP contribution in [0.5, 0.6) is 5.75 Å². The Hall–Kier alpha value is -3.92. The Morgan fingerprint density at radius 3 is 2.59 bits per heavy atom. The topological polar surface area (TPSA) is 65.3 Å². The summed E-state index contributed by atoms with van der Waals surface area (Å²) in [4.78, 5) is 15.6. The lowest BCUT2D eigenvalue weighted by Crippen LogP contribution is -2.37. The molecule has 190 valence electrons. The van der Waals surface area contributed by atoms with Crippen LogP contribution in [-0.2, 0) is 11.2 Å². The summed E-state index contributed by atoms with van der Waals surface area (Å²) in [6, 6.07) is 9.46. The van der Waals surface area contributed by atoms with E-state index in [9.17, 15) is 8.78 Å². The summed E-state index contributed by atoms with van der Waals surface area (Å²) in [5.41, 5.74) is 2.63. The quantitative estimate of drug-likeness (QED) is 0.342. The van der Waals surface area contributed by atoms with Crippen LogP contribution in [-0.4, -0.2) is 52.4 Å². The Morgan fingerprint density at radius 1 is 1.11 bits per heavy atom. The lowest BCUT2D eigenvalue weighted by atomic mass is 9.92. The first-order valence-corrected chi connectivity index (χ1v) is 12.0. The summed E-state index contributed by atoms with van der Waals surface area (Å²) in [5, 5.41) is 0. The first-order valence-electron chi connectivity index (χ1n) is 12.0. The average molecular weight is 508 g/mol.